The number of nitrogens with one attached hydrogen (secondary N) is 1. The maximum atomic E-state index is 12.8. The number of nitro benzene ring substituents is 1. The highest BCUT2D eigenvalue weighted by atomic mass is 32.2. The molecular weight excluding hydrogens is 480 g/mol. The Labute approximate surface area is 201 Å². The predicted molar refractivity (Wildman–Crippen MR) is 131 cm³/mol. The molecule has 180 valence electrons. The molecule has 1 aliphatic heterocycles. The van der Waals surface area contributed by atoms with Gasteiger partial charge in [-0.25, -0.2) is 0 Å². The van der Waals surface area contributed by atoms with E-state index >= 15 is 0 Å². The first kappa shape index (κ1) is 25.4. The van der Waals surface area contributed by atoms with E-state index in [0.29, 0.717) is 16.3 Å². The van der Waals surface area contributed by atoms with Crippen molar-refractivity contribution in [2.75, 3.05) is 0 Å². The third kappa shape index (κ3) is 6.20. The van der Waals surface area contributed by atoms with E-state index in [-0.39, 0.29) is 27.5 Å². The molecule has 3 rings (SSSR count). The molecule has 2 aromatic rings. The lowest BCUT2D eigenvalue weighted by molar-refractivity contribution is -0.385. The summed E-state index contributed by atoms with van der Waals surface area (Å²) in [5.41, 5.74) is 1.18. The first-order chi connectivity index (χ1) is 16.1. The summed E-state index contributed by atoms with van der Waals surface area (Å²) in [6.07, 6.45) is 4.00. The van der Waals surface area contributed by atoms with Crippen LogP contribution >= 0.6 is 11.8 Å². The van der Waals surface area contributed by atoms with Crippen molar-refractivity contribution in [1.82, 2.24) is 5.32 Å². The molecule has 1 aliphatic rings. The SMILES string of the molecule is CCCC[C@@H]1SC(=NN=Cc2cc(C)ccc2OS(=O)(=O)c2ccc(C)c([N+](=O)[O-])c2)NC1=O. The number of thioether (sulfide) groups is 1. The number of aryl methyl sites for hydroxylation is 2. The predicted octanol–water partition coefficient (Wildman–Crippen LogP) is 4.09. The van der Waals surface area contributed by atoms with Crippen LogP contribution in [0.25, 0.3) is 0 Å². The lowest BCUT2D eigenvalue weighted by Gasteiger charge is -2.10. The number of carbonyl (C=O) groups is 1. The average Bonchev–Trinajstić information content (AvgIpc) is 3.13. The number of nitro groups is 1. The Balaban J connectivity index is 1.82. The van der Waals surface area contributed by atoms with Crippen LogP contribution in [-0.4, -0.2) is 35.9 Å². The molecular formula is C22H24N4O6S2. The molecule has 10 nitrogen and oxygen atoms in total. The number of nitrogens with zero attached hydrogens (tertiary/aromatic N) is 3. The lowest BCUT2D eigenvalue weighted by Crippen LogP contribution is -2.24. The molecule has 1 amide bonds. The molecule has 34 heavy (non-hydrogen) atoms. The van der Waals surface area contributed by atoms with Crippen molar-refractivity contribution >= 4 is 44.9 Å². The van der Waals surface area contributed by atoms with Crippen molar-refractivity contribution in [1.29, 1.82) is 0 Å². The number of amides is 1. The summed E-state index contributed by atoms with van der Waals surface area (Å²) in [5, 5.41) is 22.1. The Morgan fingerprint density at radius 1 is 1.24 bits per heavy atom. The topological polar surface area (TPSA) is 140 Å². The zero-order valence-electron chi connectivity index (χ0n) is 18.8. The van der Waals surface area contributed by atoms with Crippen LogP contribution < -0.4 is 9.50 Å². The van der Waals surface area contributed by atoms with Gasteiger partial charge >= 0.3 is 10.1 Å². The van der Waals surface area contributed by atoms with Gasteiger partial charge < -0.3 is 9.50 Å². The normalized spacial score (nSPS) is 17.3. The molecule has 12 heteroatoms. The van der Waals surface area contributed by atoms with Gasteiger partial charge in [-0.1, -0.05) is 49.2 Å². The Morgan fingerprint density at radius 3 is 2.71 bits per heavy atom. The van der Waals surface area contributed by atoms with E-state index in [2.05, 4.69) is 22.4 Å². The van der Waals surface area contributed by atoms with Crippen molar-refractivity contribution < 1.29 is 22.3 Å². The minimum Gasteiger partial charge on any atom is -0.378 e. The Bertz CT molecular complexity index is 1270. The zero-order valence-corrected chi connectivity index (χ0v) is 20.5. The highest BCUT2D eigenvalue weighted by molar-refractivity contribution is 8.15. The monoisotopic (exact) mass is 504 g/mol. The van der Waals surface area contributed by atoms with Crippen LogP contribution in [0.3, 0.4) is 0 Å². The third-order valence-corrected chi connectivity index (χ3v) is 7.34. The van der Waals surface area contributed by atoms with Crippen LogP contribution in [0.2, 0.25) is 0 Å². The van der Waals surface area contributed by atoms with Gasteiger partial charge in [0.15, 0.2) is 10.9 Å². The molecule has 1 N–H and O–H groups in total. The van der Waals surface area contributed by atoms with Crippen molar-refractivity contribution in [2.45, 2.75) is 50.2 Å². The van der Waals surface area contributed by atoms with Crippen LogP contribution in [0.15, 0.2) is 51.5 Å². The second-order valence-electron chi connectivity index (χ2n) is 7.67. The molecule has 0 saturated carbocycles. The van der Waals surface area contributed by atoms with Crippen molar-refractivity contribution in [3.05, 3.63) is 63.2 Å². The number of amidine groups is 1. The second kappa shape index (κ2) is 10.8. The van der Waals surface area contributed by atoms with E-state index in [1.54, 1.807) is 12.1 Å². The van der Waals surface area contributed by atoms with Crippen LogP contribution in [0.1, 0.15) is 42.9 Å². The third-order valence-electron chi connectivity index (χ3n) is 4.97. The average molecular weight is 505 g/mol. The van der Waals surface area contributed by atoms with Crippen LogP contribution in [-0.2, 0) is 14.9 Å². The van der Waals surface area contributed by atoms with E-state index in [1.807, 2.05) is 6.92 Å². The van der Waals surface area contributed by atoms with Gasteiger partial charge in [-0.3, -0.25) is 14.9 Å². The molecule has 0 spiro atoms. The largest absolute Gasteiger partial charge is 0.378 e. The van der Waals surface area contributed by atoms with E-state index in [0.717, 1.165) is 30.9 Å². The minimum absolute atomic E-state index is 0.0123. The molecule has 2 aromatic carbocycles. The second-order valence-corrected chi connectivity index (χ2v) is 10.4. The number of benzene rings is 2. The molecule has 1 atom stereocenters. The number of hydrogen-bond donors (Lipinski definition) is 1. The fraction of sp³-hybridized carbons (Fsp3) is 0.318. The summed E-state index contributed by atoms with van der Waals surface area (Å²) in [6, 6.07) is 8.36. The lowest BCUT2D eigenvalue weighted by atomic mass is 10.1. The first-order valence-corrected chi connectivity index (χ1v) is 12.8. The first-order valence-electron chi connectivity index (χ1n) is 10.5. The van der Waals surface area contributed by atoms with Gasteiger partial charge in [0.2, 0.25) is 5.91 Å². The highest BCUT2D eigenvalue weighted by Crippen LogP contribution is 2.27. The van der Waals surface area contributed by atoms with Gasteiger partial charge in [0.1, 0.15) is 4.90 Å². The van der Waals surface area contributed by atoms with Crippen molar-refractivity contribution in [2.24, 2.45) is 10.2 Å². The Kier molecular flexibility index (Phi) is 8.05. The summed E-state index contributed by atoms with van der Waals surface area (Å²) >= 11 is 1.31. The molecule has 0 bridgehead atoms. The number of carbonyl (C=O) groups excluding carboxylic acids is 1. The standard InChI is InChI=1S/C22H24N4O6S2/c1-4-5-6-20-21(27)24-22(33-20)25-23-13-16-11-14(2)7-10-19(16)32-34(30,31)17-9-8-15(3)18(12-17)26(28)29/h7-13,20H,4-6H2,1-3H3,(H,24,25,27)/t20-/m0/s1. The summed E-state index contributed by atoms with van der Waals surface area (Å²) in [6.45, 7) is 5.39. The zero-order chi connectivity index (χ0) is 24.9. The molecule has 1 heterocycles. The van der Waals surface area contributed by atoms with Crippen LogP contribution in [0.5, 0.6) is 5.75 Å². The highest BCUT2D eigenvalue weighted by Gasteiger charge is 2.29. The molecule has 0 unspecified atom stereocenters. The molecule has 1 fully saturated rings. The fourth-order valence-electron chi connectivity index (χ4n) is 3.13. The van der Waals surface area contributed by atoms with E-state index < -0.39 is 15.0 Å². The molecule has 0 radical (unpaired) electrons. The number of unbranched alkanes of at least 4 members (excludes halogenated alkanes) is 1. The van der Waals surface area contributed by atoms with Crippen molar-refractivity contribution in [3.8, 4) is 5.75 Å². The van der Waals surface area contributed by atoms with Crippen LogP contribution in [0, 0.1) is 24.0 Å². The Hall–Kier alpha value is -3.25. The van der Waals surface area contributed by atoms with E-state index in [4.69, 9.17) is 4.18 Å². The van der Waals surface area contributed by atoms with Gasteiger partial charge in [0, 0.05) is 17.2 Å². The Morgan fingerprint density at radius 2 is 2.00 bits per heavy atom. The van der Waals surface area contributed by atoms with Gasteiger partial charge in [0.05, 0.1) is 16.4 Å². The van der Waals surface area contributed by atoms with Gasteiger partial charge in [0.25, 0.3) is 5.69 Å². The fourth-order valence-corrected chi connectivity index (χ4v) is 5.08. The smallest absolute Gasteiger partial charge is 0.339 e. The van der Waals surface area contributed by atoms with Gasteiger partial charge in [-0.05, 0) is 38.5 Å². The summed E-state index contributed by atoms with van der Waals surface area (Å²) in [4.78, 5) is 22.2. The van der Waals surface area contributed by atoms with Gasteiger partial charge in [-0.15, -0.1) is 5.10 Å². The number of rotatable bonds is 9. The summed E-state index contributed by atoms with van der Waals surface area (Å²) < 4.78 is 30.9. The quantitative estimate of drug-likeness (QED) is 0.235. The summed E-state index contributed by atoms with van der Waals surface area (Å²) in [7, 11) is -4.35. The van der Waals surface area contributed by atoms with Crippen molar-refractivity contribution in [3.63, 3.8) is 0 Å². The number of hydrogen-bond acceptors (Lipinski definition) is 9. The van der Waals surface area contributed by atoms with Crippen LogP contribution in [0.4, 0.5) is 5.69 Å². The molecule has 1 saturated heterocycles. The summed E-state index contributed by atoms with van der Waals surface area (Å²) in [5.74, 6) is -0.119. The van der Waals surface area contributed by atoms with E-state index in [9.17, 15) is 23.3 Å². The maximum Gasteiger partial charge on any atom is 0.339 e. The molecule has 0 aliphatic carbocycles. The maximum absolute atomic E-state index is 12.8. The van der Waals surface area contributed by atoms with E-state index in [1.165, 1.54) is 43.1 Å². The molecule has 0 aromatic heterocycles. The van der Waals surface area contributed by atoms with Gasteiger partial charge in [-0.2, -0.15) is 13.5 Å². The minimum atomic E-state index is -4.35.